The number of thioether (sulfide) groups is 1. The Morgan fingerprint density at radius 1 is 1.15 bits per heavy atom. The van der Waals surface area contributed by atoms with Crippen LogP contribution in [-0.4, -0.2) is 46.9 Å². The molecule has 0 radical (unpaired) electrons. The van der Waals surface area contributed by atoms with Gasteiger partial charge in [0.25, 0.3) is 5.91 Å². The maximum Gasteiger partial charge on any atom is 0.250 e. The third-order valence-electron chi connectivity index (χ3n) is 4.49. The molecule has 3 aromatic rings. The summed E-state index contributed by atoms with van der Waals surface area (Å²) in [6, 6.07) is 15.1. The molecule has 2 aromatic carbocycles. The van der Waals surface area contributed by atoms with Gasteiger partial charge in [-0.05, 0) is 36.8 Å². The minimum Gasteiger partial charge on any atom is -0.493 e. The van der Waals surface area contributed by atoms with Crippen LogP contribution < -0.4 is 14.9 Å². The van der Waals surface area contributed by atoms with E-state index in [2.05, 4.69) is 20.7 Å². The van der Waals surface area contributed by atoms with Crippen molar-refractivity contribution in [3.63, 3.8) is 0 Å². The van der Waals surface area contributed by atoms with Crippen LogP contribution in [0.25, 0.3) is 17.5 Å². The lowest BCUT2D eigenvalue weighted by Gasteiger charge is -2.10. The van der Waals surface area contributed by atoms with Crippen molar-refractivity contribution >= 4 is 41.6 Å². The smallest absolute Gasteiger partial charge is 0.250 e. The van der Waals surface area contributed by atoms with E-state index in [-0.39, 0.29) is 11.7 Å². The number of nitrogens with one attached hydrogen (secondary N) is 1. The average molecular weight is 486 g/mol. The van der Waals surface area contributed by atoms with Gasteiger partial charge in [0.15, 0.2) is 22.5 Å². The van der Waals surface area contributed by atoms with E-state index >= 15 is 0 Å². The largest absolute Gasteiger partial charge is 0.493 e. The normalized spacial score (nSPS) is 11.6. The van der Waals surface area contributed by atoms with Gasteiger partial charge in [-0.25, -0.2) is 5.43 Å². The molecule has 1 heterocycles. The van der Waals surface area contributed by atoms with Crippen molar-refractivity contribution in [1.29, 1.82) is 0 Å². The van der Waals surface area contributed by atoms with E-state index in [0.717, 1.165) is 11.1 Å². The number of hydrogen-bond acceptors (Lipinski definition) is 7. The van der Waals surface area contributed by atoms with Crippen LogP contribution in [0.2, 0.25) is 0 Å². The first-order chi connectivity index (χ1) is 16.0. The highest BCUT2D eigenvalue weighted by Gasteiger charge is 2.16. The first kappa shape index (κ1) is 24.3. The van der Waals surface area contributed by atoms with Crippen LogP contribution in [0.5, 0.6) is 11.5 Å². The Kier molecular flexibility index (Phi) is 8.91. The Labute approximate surface area is 201 Å². The topological polar surface area (TPSA) is 90.6 Å². The molecule has 1 N–H and O–H groups in total. The van der Waals surface area contributed by atoms with E-state index in [1.807, 2.05) is 60.0 Å². The van der Waals surface area contributed by atoms with Crippen LogP contribution in [-0.2, 0) is 11.3 Å². The van der Waals surface area contributed by atoms with Crippen molar-refractivity contribution < 1.29 is 14.3 Å². The zero-order valence-corrected chi connectivity index (χ0v) is 20.1. The van der Waals surface area contributed by atoms with Crippen LogP contribution in [0.4, 0.5) is 0 Å². The van der Waals surface area contributed by atoms with Gasteiger partial charge < -0.3 is 14.0 Å². The molecule has 10 heteroatoms. The summed E-state index contributed by atoms with van der Waals surface area (Å²) in [6.45, 7) is 2.63. The third-order valence-corrected chi connectivity index (χ3v) is 5.66. The van der Waals surface area contributed by atoms with E-state index in [1.165, 1.54) is 18.0 Å². The molecule has 1 aromatic heterocycles. The lowest BCUT2D eigenvalue weighted by Crippen LogP contribution is -2.19. The molecule has 0 fully saturated rings. The van der Waals surface area contributed by atoms with Crippen LogP contribution in [0.15, 0.2) is 63.8 Å². The SMILES string of the molecule is CCn1c(SCC(=O)N/N=C\C(Cl)=C\c2ccccc2)nnc1-c1ccc(OC)c(OC)c1. The van der Waals surface area contributed by atoms with Gasteiger partial charge in [0.1, 0.15) is 0 Å². The van der Waals surface area contributed by atoms with Gasteiger partial charge in [-0.3, -0.25) is 4.79 Å². The Morgan fingerprint density at radius 2 is 1.91 bits per heavy atom. The average Bonchev–Trinajstić information content (AvgIpc) is 3.25. The summed E-state index contributed by atoms with van der Waals surface area (Å²) in [4.78, 5) is 12.2. The van der Waals surface area contributed by atoms with Gasteiger partial charge >= 0.3 is 0 Å². The molecule has 33 heavy (non-hydrogen) atoms. The van der Waals surface area contributed by atoms with E-state index in [1.54, 1.807) is 20.3 Å². The molecule has 0 aliphatic heterocycles. The van der Waals surface area contributed by atoms with Crippen molar-refractivity contribution in [2.45, 2.75) is 18.6 Å². The van der Waals surface area contributed by atoms with Gasteiger partial charge in [-0.15, -0.1) is 10.2 Å². The highest BCUT2D eigenvalue weighted by molar-refractivity contribution is 7.99. The zero-order valence-electron chi connectivity index (χ0n) is 18.5. The lowest BCUT2D eigenvalue weighted by molar-refractivity contribution is -0.118. The molecule has 0 aliphatic rings. The van der Waals surface area contributed by atoms with E-state index in [4.69, 9.17) is 21.1 Å². The molecule has 3 rings (SSSR count). The molecule has 8 nitrogen and oxygen atoms in total. The summed E-state index contributed by atoms with van der Waals surface area (Å²) in [5.74, 6) is 1.76. The Hall–Kier alpha value is -3.30. The predicted octanol–water partition coefficient (Wildman–Crippen LogP) is 4.46. The number of halogens is 1. The second kappa shape index (κ2) is 12.1. The minimum atomic E-state index is -0.279. The molecule has 0 aliphatic carbocycles. The number of carbonyl (C=O) groups excluding carboxylic acids is 1. The fourth-order valence-corrected chi connectivity index (χ4v) is 3.91. The first-order valence-corrected chi connectivity index (χ1v) is 11.4. The van der Waals surface area contributed by atoms with Crippen molar-refractivity contribution in [1.82, 2.24) is 20.2 Å². The summed E-state index contributed by atoms with van der Waals surface area (Å²) in [6.07, 6.45) is 3.15. The highest BCUT2D eigenvalue weighted by Crippen LogP contribution is 2.32. The molecule has 0 saturated heterocycles. The number of nitrogens with zero attached hydrogens (tertiary/aromatic N) is 4. The lowest BCUT2D eigenvalue weighted by atomic mass is 10.2. The van der Waals surface area contributed by atoms with Crippen molar-refractivity contribution in [3.05, 3.63) is 59.1 Å². The molecule has 0 unspecified atom stereocenters. The second-order valence-corrected chi connectivity index (χ2v) is 8.02. The summed E-state index contributed by atoms with van der Waals surface area (Å²) in [5, 5.41) is 13.5. The van der Waals surface area contributed by atoms with Crippen LogP contribution in [0, 0.1) is 0 Å². The molecule has 0 spiro atoms. The van der Waals surface area contributed by atoms with Gasteiger partial charge in [-0.2, -0.15) is 5.10 Å². The number of allylic oxidation sites excluding steroid dienone is 1. The number of benzene rings is 2. The van der Waals surface area contributed by atoms with Gasteiger partial charge in [0, 0.05) is 12.1 Å². The number of methoxy groups -OCH3 is 2. The Balaban J connectivity index is 1.61. The number of hydrogen-bond donors (Lipinski definition) is 1. The van der Waals surface area contributed by atoms with Gasteiger partial charge in [0.05, 0.1) is 31.2 Å². The summed E-state index contributed by atoms with van der Waals surface area (Å²) in [5.41, 5.74) is 4.25. The second-order valence-electron chi connectivity index (χ2n) is 6.64. The monoisotopic (exact) mass is 485 g/mol. The molecule has 0 saturated carbocycles. The quantitative estimate of drug-likeness (QED) is 0.259. The van der Waals surface area contributed by atoms with Crippen LogP contribution in [0.3, 0.4) is 0 Å². The standard InChI is InChI=1S/C23H24ClN5O3S/c1-4-29-22(17-10-11-19(31-2)20(13-17)32-3)27-28-23(29)33-15-21(30)26-25-14-18(24)12-16-8-6-5-7-9-16/h5-14H,4,15H2,1-3H3,(H,26,30)/b18-12-,25-14-. The van der Waals surface area contributed by atoms with E-state index < -0.39 is 0 Å². The number of amides is 1. The molecule has 1 amide bonds. The molecule has 0 atom stereocenters. The number of carbonyl (C=O) groups is 1. The fraction of sp³-hybridized carbons (Fsp3) is 0.217. The minimum absolute atomic E-state index is 0.126. The summed E-state index contributed by atoms with van der Waals surface area (Å²) in [7, 11) is 3.17. The first-order valence-electron chi connectivity index (χ1n) is 10.1. The highest BCUT2D eigenvalue weighted by atomic mass is 35.5. The Morgan fingerprint density at radius 3 is 2.61 bits per heavy atom. The fourth-order valence-electron chi connectivity index (χ4n) is 2.94. The zero-order chi connectivity index (χ0) is 23.6. The van der Waals surface area contributed by atoms with Crippen molar-refractivity contribution in [2.24, 2.45) is 5.10 Å². The molecule has 0 bridgehead atoms. The summed E-state index contributed by atoms with van der Waals surface area (Å²) >= 11 is 7.40. The van der Waals surface area contributed by atoms with E-state index in [0.29, 0.717) is 34.1 Å². The molecular formula is C23H24ClN5O3S. The van der Waals surface area contributed by atoms with Gasteiger partial charge in [0.2, 0.25) is 0 Å². The third kappa shape index (κ3) is 6.59. The number of ether oxygens (including phenoxy) is 2. The van der Waals surface area contributed by atoms with Crippen LogP contribution >= 0.6 is 23.4 Å². The maximum absolute atomic E-state index is 12.2. The van der Waals surface area contributed by atoms with Crippen molar-refractivity contribution in [3.8, 4) is 22.9 Å². The molecule has 172 valence electrons. The van der Waals surface area contributed by atoms with Crippen molar-refractivity contribution in [2.75, 3.05) is 20.0 Å². The maximum atomic E-state index is 12.2. The summed E-state index contributed by atoms with van der Waals surface area (Å²) < 4.78 is 12.6. The van der Waals surface area contributed by atoms with E-state index in [9.17, 15) is 4.79 Å². The Bertz CT molecular complexity index is 1150. The molecular weight excluding hydrogens is 462 g/mol. The van der Waals surface area contributed by atoms with Crippen LogP contribution in [0.1, 0.15) is 12.5 Å². The number of rotatable bonds is 10. The number of aromatic nitrogens is 3. The van der Waals surface area contributed by atoms with Gasteiger partial charge in [-0.1, -0.05) is 53.7 Å². The predicted molar refractivity (Wildman–Crippen MR) is 132 cm³/mol. The number of hydrazone groups is 1.